The van der Waals surface area contributed by atoms with Crippen molar-refractivity contribution in [3.63, 3.8) is 0 Å². The molecule has 0 aromatic rings. The van der Waals surface area contributed by atoms with Crippen molar-refractivity contribution in [2.24, 2.45) is 52.3 Å². The summed E-state index contributed by atoms with van der Waals surface area (Å²) in [4.78, 5) is 0. The van der Waals surface area contributed by atoms with Gasteiger partial charge in [0.15, 0.2) is 0 Å². The van der Waals surface area contributed by atoms with Crippen LogP contribution < -0.4 is 0 Å². The topological polar surface area (TPSA) is 20.2 Å². The van der Waals surface area contributed by atoms with Gasteiger partial charge in [0.05, 0.1) is 6.10 Å². The second-order valence-corrected chi connectivity index (χ2v) is 12.2. The van der Waals surface area contributed by atoms with E-state index in [-0.39, 0.29) is 18.4 Å². The van der Waals surface area contributed by atoms with Crippen LogP contribution in [0.2, 0.25) is 0 Å². The Morgan fingerprint density at radius 1 is 1.10 bits per heavy atom. The first-order valence-corrected chi connectivity index (χ1v) is 12.9. The standard InChI is InChI=1S/C29H48O/c1-7-21(19(2)3)9-8-20(4)25-12-13-26-24-11-10-22-18-23(30)14-16-28(22,5)27(24)15-17-29(25,26)6/h8-10,19-21,23-27,30H,7,11-18H2,1-6H3/b9-8+/t20-,21-,23+,24+,25-,26+,27+,28+,29-/m1/s1/i1D3. The van der Waals surface area contributed by atoms with Gasteiger partial charge in [-0.3, -0.25) is 0 Å². The molecule has 0 aliphatic heterocycles. The lowest BCUT2D eigenvalue weighted by Crippen LogP contribution is -2.50. The number of hydrogen-bond donors (Lipinski definition) is 1. The molecule has 0 spiro atoms. The highest BCUT2D eigenvalue weighted by molar-refractivity contribution is 5.25. The first kappa shape index (κ1) is 19.0. The van der Waals surface area contributed by atoms with Crippen molar-refractivity contribution >= 4 is 0 Å². The Balaban J connectivity index is 1.49. The number of rotatable bonds is 5. The molecule has 4 aliphatic carbocycles. The molecule has 9 atom stereocenters. The number of aliphatic hydroxyl groups excluding tert-OH is 1. The van der Waals surface area contributed by atoms with Crippen molar-refractivity contribution in [3.8, 4) is 0 Å². The largest absolute Gasteiger partial charge is 0.393 e. The minimum absolute atomic E-state index is 0.127. The van der Waals surface area contributed by atoms with E-state index in [1.165, 1.54) is 32.1 Å². The third-order valence-corrected chi connectivity index (χ3v) is 10.5. The smallest absolute Gasteiger partial charge is 0.0577 e. The Morgan fingerprint density at radius 3 is 2.63 bits per heavy atom. The lowest BCUT2D eigenvalue weighted by atomic mass is 9.47. The molecule has 4 rings (SSSR count). The summed E-state index contributed by atoms with van der Waals surface area (Å²) >= 11 is 0. The Labute approximate surface area is 191 Å². The zero-order valence-electron chi connectivity index (χ0n) is 23.2. The van der Waals surface area contributed by atoms with Crippen LogP contribution >= 0.6 is 0 Å². The highest BCUT2D eigenvalue weighted by atomic mass is 16.3. The zero-order valence-corrected chi connectivity index (χ0v) is 20.2. The van der Waals surface area contributed by atoms with Crippen molar-refractivity contribution in [3.05, 3.63) is 23.8 Å². The van der Waals surface area contributed by atoms with Crippen LogP contribution in [0.3, 0.4) is 0 Å². The Kier molecular flexibility index (Phi) is 5.32. The summed E-state index contributed by atoms with van der Waals surface area (Å²) in [6.45, 7) is 9.92. The van der Waals surface area contributed by atoms with Gasteiger partial charge in [0, 0.05) is 4.11 Å². The molecule has 3 saturated carbocycles. The second kappa shape index (κ2) is 8.42. The monoisotopic (exact) mass is 415 g/mol. The highest BCUT2D eigenvalue weighted by Crippen LogP contribution is 2.67. The van der Waals surface area contributed by atoms with Crippen molar-refractivity contribution < 1.29 is 9.22 Å². The summed E-state index contributed by atoms with van der Waals surface area (Å²) < 4.78 is 23.2. The van der Waals surface area contributed by atoms with E-state index < -0.39 is 6.85 Å². The van der Waals surface area contributed by atoms with Crippen LogP contribution in [0.5, 0.6) is 0 Å². The van der Waals surface area contributed by atoms with Crippen molar-refractivity contribution in [1.82, 2.24) is 0 Å². The normalized spacial score (nSPS) is 47.5. The Bertz CT molecular complexity index is 767. The van der Waals surface area contributed by atoms with Gasteiger partial charge in [-0.2, -0.15) is 0 Å². The maximum atomic E-state index is 10.3. The molecule has 0 heterocycles. The van der Waals surface area contributed by atoms with E-state index in [1.54, 1.807) is 5.57 Å². The van der Waals surface area contributed by atoms with Crippen LogP contribution in [0, 0.1) is 52.3 Å². The molecule has 0 bridgehead atoms. The van der Waals surface area contributed by atoms with Gasteiger partial charge in [0.25, 0.3) is 0 Å². The van der Waals surface area contributed by atoms with Crippen LogP contribution in [0.15, 0.2) is 23.8 Å². The summed E-state index contributed by atoms with van der Waals surface area (Å²) in [6, 6.07) is 0. The third kappa shape index (κ3) is 3.66. The van der Waals surface area contributed by atoms with E-state index in [0.717, 1.165) is 37.0 Å². The Morgan fingerprint density at radius 2 is 1.90 bits per heavy atom. The average Bonchev–Trinajstić information content (AvgIpc) is 3.07. The molecule has 0 amide bonds. The SMILES string of the molecule is [2H]C([2H])([2H])C[C@H](/C=C/[C@@H](C)[C@H]1CC[C@H]2[C@@H]3CC=C4C[C@@H](O)CC[C@]4(C)[C@H]3CC[C@]12C)C(C)C. The molecule has 0 aromatic heterocycles. The fourth-order valence-electron chi connectivity index (χ4n) is 8.52. The van der Waals surface area contributed by atoms with E-state index in [1.807, 2.05) is 0 Å². The average molecular weight is 416 g/mol. The third-order valence-electron chi connectivity index (χ3n) is 10.5. The number of aliphatic hydroxyl groups is 1. The van der Waals surface area contributed by atoms with Crippen LogP contribution in [0.25, 0.3) is 0 Å². The van der Waals surface area contributed by atoms with Crippen molar-refractivity contribution in [2.75, 3.05) is 0 Å². The van der Waals surface area contributed by atoms with Gasteiger partial charge < -0.3 is 5.11 Å². The fraction of sp³-hybridized carbons (Fsp3) is 0.862. The van der Waals surface area contributed by atoms with Gasteiger partial charge in [-0.15, -0.1) is 0 Å². The number of hydrogen-bond acceptors (Lipinski definition) is 1. The maximum Gasteiger partial charge on any atom is 0.0577 e. The van der Waals surface area contributed by atoms with Gasteiger partial charge in [-0.1, -0.05) is 65.3 Å². The quantitative estimate of drug-likeness (QED) is 0.454. The van der Waals surface area contributed by atoms with Crippen LogP contribution in [-0.4, -0.2) is 11.2 Å². The van der Waals surface area contributed by atoms with Crippen molar-refractivity contribution in [2.45, 2.75) is 105 Å². The molecule has 0 radical (unpaired) electrons. The summed E-state index contributed by atoms with van der Waals surface area (Å²) in [5.41, 5.74) is 2.27. The molecule has 1 heteroatoms. The molecule has 3 fully saturated rings. The summed E-state index contributed by atoms with van der Waals surface area (Å²) in [7, 11) is 0. The molecule has 4 aliphatic rings. The van der Waals surface area contributed by atoms with Crippen LogP contribution in [0.1, 0.15) is 103 Å². The lowest BCUT2D eigenvalue weighted by Gasteiger charge is -2.58. The molecule has 0 aromatic carbocycles. The molecule has 1 N–H and O–H groups in total. The van der Waals surface area contributed by atoms with E-state index in [0.29, 0.717) is 28.6 Å². The number of fused-ring (bicyclic) bond motifs is 5. The molecule has 30 heavy (non-hydrogen) atoms. The van der Waals surface area contributed by atoms with Gasteiger partial charge in [-0.05, 0) is 110 Å². The van der Waals surface area contributed by atoms with E-state index in [4.69, 9.17) is 4.11 Å². The van der Waals surface area contributed by atoms with Crippen molar-refractivity contribution in [1.29, 1.82) is 0 Å². The van der Waals surface area contributed by atoms with Gasteiger partial charge in [-0.25, -0.2) is 0 Å². The minimum atomic E-state index is -1.86. The van der Waals surface area contributed by atoms with E-state index in [9.17, 15) is 5.11 Å². The zero-order chi connectivity index (χ0) is 24.2. The second-order valence-electron chi connectivity index (χ2n) is 12.2. The first-order valence-electron chi connectivity index (χ1n) is 14.4. The fourth-order valence-corrected chi connectivity index (χ4v) is 8.52. The molecular formula is C29H48O. The highest BCUT2D eigenvalue weighted by Gasteiger charge is 2.58. The molecule has 1 nitrogen and oxygen atoms in total. The summed E-state index contributed by atoms with van der Waals surface area (Å²) in [5, 5.41) is 10.3. The molecule has 170 valence electrons. The van der Waals surface area contributed by atoms with Gasteiger partial charge in [0.2, 0.25) is 0 Å². The van der Waals surface area contributed by atoms with Crippen LogP contribution in [0.4, 0.5) is 0 Å². The first-order chi connectivity index (χ1) is 15.3. The summed E-state index contributed by atoms with van der Waals surface area (Å²) in [5.74, 6) is 4.08. The predicted octanol–water partition coefficient (Wildman–Crippen LogP) is 7.80. The maximum absolute atomic E-state index is 10.3. The summed E-state index contributed by atoms with van der Waals surface area (Å²) in [6.07, 6.45) is 16.9. The Hall–Kier alpha value is -0.560. The molecule has 0 unspecified atom stereocenters. The van der Waals surface area contributed by atoms with E-state index in [2.05, 4.69) is 52.8 Å². The van der Waals surface area contributed by atoms with Gasteiger partial charge >= 0.3 is 0 Å². The number of allylic oxidation sites excluding steroid dienone is 3. The minimum Gasteiger partial charge on any atom is -0.393 e. The van der Waals surface area contributed by atoms with Crippen LogP contribution in [-0.2, 0) is 0 Å². The molecular weight excluding hydrogens is 364 g/mol. The van der Waals surface area contributed by atoms with Gasteiger partial charge in [0.1, 0.15) is 0 Å². The lowest BCUT2D eigenvalue weighted by molar-refractivity contribution is -0.0540. The molecule has 0 saturated heterocycles. The predicted molar refractivity (Wildman–Crippen MR) is 128 cm³/mol. The van der Waals surface area contributed by atoms with E-state index >= 15 is 0 Å².